The van der Waals surface area contributed by atoms with E-state index < -0.39 is 0 Å². The van der Waals surface area contributed by atoms with Crippen molar-refractivity contribution < 1.29 is 0 Å². The van der Waals surface area contributed by atoms with Gasteiger partial charge < -0.3 is 5.73 Å². The minimum absolute atomic E-state index is 0.217. The minimum atomic E-state index is 0.217. The highest BCUT2D eigenvalue weighted by molar-refractivity contribution is 4.91. The summed E-state index contributed by atoms with van der Waals surface area (Å²) in [5, 5.41) is 0. The van der Waals surface area contributed by atoms with Crippen LogP contribution in [-0.4, -0.2) is 30.1 Å². The Morgan fingerprint density at radius 3 is 1.85 bits per heavy atom. The highest BCUT2D eigenvalue weighted by atomic mass is 15.2. The van der Waals surface area contributed by atoms with Gasteiger partial charge in [-0.25, -0.2) is 0 Å². The largest absolute Gasteiger partial charge is 0.329 e. The monoisotopic (exact) mass is 282 g/mol. The van der Waals surface area contributed by atoms with Gasteiger partial charge in [0.2, 0.25) is 0 Å². The molecule has 0 heterocycles. The summed E-state index contributed by atoms with van der Waals surface area (Å²) in [5.41, 5.74) is 6.42. The lowest BCUT2D eigenvalue weighted by molar-refractivity contribution is 0.0596. The van der Waals surface area contributed by atoms with E-state index in [0.717, 1.165) is 24.3 Å². The van der Waals surface area contributed by atoms with Crippen molar-refractivity contribution in [2.75, 3.05) is 19.6 Å². The molecule has 20 heavy (non-hydrogen) atoms. The molecule has 0 aromatic rings. The predicted octanol–water partition coefficient (Wildman–Crippen LogP) is 4.29. The van der Waals surface area contributed by atoms with Gasteiger partial charge in [0, 0.05) is 12.1 Å². The van der Waals surface area contributed by atoms with E-state index in [2.05, 4.69) is 39.5 Å². The Morgan fingerprint density at radius 2 is 1.55 bits per heavy atom. The second kappa shape index (κ2) is 8.38. The fourth-order valence-electron chi connectivity index (χ4n) is 3.14. The normalized spacial score (nSPS) is 19.6. The molecule has 2 nitrogen and oxygen atoms in total. The van der Waals surface area contributed by atoms with E-state index in [1.165, 1.54) is 51.6 Å². The van der Waals surface area contributed by atoms with Crippen molar-refractivity contribution in [3.05, 3.63) is 0 Å². The Bertz CT molecular complexity index is 246. The average molecular weight is 283 g/mol. The van der Waals surface area contributed by atoms with Crippen LogP contribution in [0.3, 0.4) is 0 Å². The first-order valence-electron chi connectivity index (χ1n) is 8.82. The lowest BCUT2D eigenvalue weighted by Crippen LogP contribution is -2.54. The van der Waals surface area contributed by atoms with Crippen LogP contribution in [0.2, 0.25) is 0 Å². The maximum absolute atomic E-state index is 6.21. The molecule has 0 spiro atoms. The quantitative estimate of drug-likeness (QED) is 0.647. The third-order valence-electron chi connectivity index (χ3n) is 5.11. The average Bonchev–Trinajstić information content (AvgIpc) is 2.33. The van der Waals surface area contributed by atoms with Gasteiger partial charge in [-0.2, -0.15) is 0 Å². The van der Waals surface area contributed by atoms with Crippen molar-refractivity contribution in [2.45, 2.75) is 78.7 Å². The third-order valence-corrected chi connectivity index (χ3v) is 5.11. The highest BCUT2D eigenvalue weighted by Gasteiger charge is 2.34. The zero-order chi connectivity index (χ0) is 15.2. The molecule has 120 valence electrons. The molecule has 0 aromatic carbocycles. The Labute approximate surface area is 127 Å². The molecule has 1 aliphatic rings. The van der Waals surface area contributed by atoms with Crippen molar-refractivity contribution in [3.8, 4) is 0 Å². The summed E-state index contributed by atoms with van der Waals surface area (Å²) < 4.78 is 0. The Balaban J connectivity index is 2.63. The molecule has 0 amide bonds. The van der Waals surface area contributed by atoms with Gasteiger partial charge in [0.15, 0.2) is 0 Å². The molecule has 1 fully saturated rings. The Hall–Kier alpha value is -0.0800. The van der Waals surface area contributed by atoms with Crippen LogP contribution in [0, 0.1) is 17.8 Å². The Morgan fingerprint density at radius 1 is 1.05 bits per heavy atom. The zero-order valence-electron chi connectivity index (χ0n) is 14.6. The van der Waals surface area contributed by atoms with Crippen LogP contribution in [0.5, 0.6) is 0 Å². The molecule has 0 radical (unpaired) electrons. The maximum atomic E-state index is 6.21. The zero-order valence-corrected chi connectivity index (χ0v) is 14.6. The van der Waals surface area contributed by atoms with Crippen molar-refractivity contribution in [2.24, 2.45) is 23.5 Å². The smallest absolute Gasteiger partial charge is 0.0306 e. The molecule has 1 atom stereocenters. The summed E-state index contributed by atoms with van der Waals surface area (Å²) in [6, 6.07) is 0. The maximum Gasteiger partial charge on any atom is 0.0306 e. The van der Waals surface area contributed by atoms with Crippen LogP contribution in [0.15, 0.2) is 0 Å². The van der Waals surface area contributed by atoms with Gasteiger partial charge in [0.1, 0.15) is 0 Å². The third kappa shape index (κ3) is 5.73. The fourth-order valence-corrected chi connectivity index (χ4v) is 3.14. The van der Waals surface area contributed by atoms with Gasteiger partial charge in [0.05, 0.1) is 0 Å². The molecule has 0 aromatic heterocycles. The summed E-state index contributed by atoms with van der Waals surface area (Å²) in [4.78, 5) is 2.71. The number of nitrogens with zero attached hydrogens (tertiary/aromatic N) is 1. The topological polar surface area (TPSA) is 29.3 Å². The van der Waals surface area contributed by atoms with E-state index in [-0.39, 0.29) is 5.54 Å². The number of nitrogens with two attached hydrogens (primary N) is 1. The molecule has 2 N–H and O–H groups in total. The summed E-state index contributed by atoms with van der Waals surface area (Å²) >= 11 is 0. The van der Waals surface area contributed by atoms with E-state index in [1.807, 2.05) is 0 Å². The SMILES string of the molecule is CC(C)CCN(CCC(C)C)C(C)(CN)CC1CCC1. The van der Waals surface area contributed by atoms with Crippen LogP contribution in [0.25, 0.3) is 0 Å². The van der Waals surface area contributed by atoms with Crippen molar-refractivity contribution in [3.63, 3.8) is 0 Å². The van der Waals surface area contributed by atoms with Gasteiger partial charge in [0.25, 0.3) is 0 Å². The molecule has 2 heteroatoms. The van der Waals surface area contributed by atoms with Gasteiger partial charge in [-0.1, -0.05) is 47.0 Å². The van der Waals surface area contributed by atoms with Gasteiger partial charge in [-0.15, -0.1) is 0 Å². The van der Waals surface area contributed by atoms with Gasteiger partial charge in [-0.05, 0) is 57.0 Å². The van der Waals surface area contributed by atoms with Crippen LogP contribution in [0.1, 0.15) is 73.1 Å². The molecular formula is C18H38N2. The van der Waals surface area contributed by atoms with Crippen LogP contribution in [0.4, 0.5) is 0 Å². The summed E-state index contributed by atoms with van der Waals surface area (Å²) in [7, 11) is 0. The van der Waals surface area contributed by atoms with E-state index >= 15 is 0 Å². The van der Waals surface area contributed by atoms with Crippen molar-refractivity contribution in [1.29, 1.82) is 0 Å². The van der Waals surface area contributed by atoms with Crippen LogP contribution >= 0.6 is 0 Å². The second-order valence-corrected chi connectivity index (χ2v) is 8.05. The van der Waals surface area contributed by atoms with E-state index in [9.17, 15) is 0 Å². The van der Waals surface area contributed by atoms with Gasteiger partial charge in [-0.3, -0.25) is 4.90 Å². The molecule has 1 aliphatic carbocycles. The molecule has 1 unspecified atom stereocenters. The Kier molecular flexibility index (Phi) is 7.53. The first-order chi connectivity index (χ1) is 9.37. The standard InChI is InChI=1S/C18H38N2/c1-15(2)9-11-20(12-10-16(3)4)18(5,14-19)13-17-7-6-8-17/h15-17H,6-14,19H2,1-5H3. The molecule has 1 rings (SSSR count). The molecule has 0 saturated heterocycles. The summed E-state index contributed by atoms with van der Waals surface area (Å²) in [6.07, 6.45) is 8.18. The predicted molar refractivity (Wildman–Crippen MR) is 89.9 cm³/mol. The van der Waals surface area contributed by atoms with Crippen LogP contribution < -0.4 is 5.73 Å². The van der Waals surface area contributed by atoms with Crippen LogP contribution in [-0.2, 0) is 0 Å². The lowest BCUT2D eigenvalue weighted by Gasteiger charge is -2.45. The molecule has 0 aliphatic heterocycles. The highest BCUT2D eigenvalue weighted by Crippen LogP contribution is 2.36. The number of rotatable bonds is 10. The first-order valence-corrected chi connectivity index (χ1v) is 8.82. The summed E-state index contributed by atoms with van der Waals surface area (Å²) in [5.74, 6) is 2.49. The van der Waals surface area contributed by atoms with Crippen molar-refractivity contribution in [1.82, 2.24) is 4.90 Å². The number of hydrogen-bond acceptors (Lipinski definition) is 2. The molecular weight excluding hydrogens is 244 g/mol. The van der Waals surface area contributed by atoms with Crippen molar-refractivity contribution >= 4 is 0 Å². The fraction of sp³-hybridized carbons (Fsp3) is 1.00. The van der Waals surface area contributed by atoms with E-state index in [1.54, 1.807) is 0 Å². The molecule has 0 bridgehead atoms. The van der Waals surface area contributed by atoms with E-state index in [4.69, 9.17) is 5.73 Å². The first kappa shape index (κ1) is 18.0. The summed E-state index contributed by atoms with van der Waals surface area (Å²) in [6.45, 7) is 14.9. The second-order valence-electron chi connectivity index (χ2n) is 8.05. The minimum Gasteiger partial charge on any atom is -0.329 e. The molecule has 1 saturated carbocycles. The van der Waals surface area contributed by atoms with Gasteiger partial charge >= 0.3 is 0 Å². The lowest BCUT2D eigenvalue weighted by atomic mass is 9.75. The number of hydrogen-bond donors (Lipinski definition) is 1. The van der Waals surface area contributed by atoms with E-state index in [0.29, 0.717) is 0 Å².